The van der Waals surface area contributed by atoms with E-state index in [1.54, 1.807) is 49.6 Å². The van der Waals surface area contributed by atoms with Crippen molar-refractivity contribution in [3.63, 3.8) is 0 Å². The molecule has 0 aliphatic carbocycles. The molecule has 5 rings (SSSR count). The monoisotopic (exact) mass is 526 g/mol. The standard InChI is InChI=1S/C31H30N2O6/c1-4-39-21-11-9-19(10-12-21)29(34)27-28(24-17-22(37-2)13-14-26(24)38-3)33(31(36)30(27)35)16-15-20-18-32-25-8-6-5-7-23(20)25/h5-14,17-18,28,32,34H,4,15-16H2,1-3H3. The van der Waals surface area contributed by atoms with Crippen LogP contribution in [-0.4, -0.2) is 54.1 Å². The number of aliphatic hydroxyl groups excluding tert-OH is 1. The Morgan fingerprint density at radius 3 is 2.44 bits per heavy atom. The van der Waals surface area contributed by atoms with Gasteiger partial charge in [-0.15, -0.1) is 0 Å². The number of fused-ring (bicyclic) bond motifs is 1. The van der Waals surface area contributed by atoms with Crippen LogP contribution in [-0.2, 0) is 16.0 Å². The number of benzene rings is 3. The minimum absolute atomic E-state index is 0.00496. The number of para-hydroxylation sites is 1. The normalized spacial score (nSPS) is 16.6. The number of carbonyl (C=O) groups excluding carboxylic acids is 2. The van der Waals surface area contributed by atoms with Crippen LogP contribution in [0.5, 0.6) is 17.2 Å². The van der Waals surface area contributed by atoms with E-state index < -0.39 is 17.7 Å². The van der Waals surface area contributed by atoms with E-state index in [1.807, 2.05) is 37.4 Å². The number of aliphatic hydroxyl groups is 1. The lowest BCUT2D eigenvalue weighted by molar-refractivity contribution is -0.139. The maximum absolute atomic E-state index is 13.5. The fourth-order valence-corrected chi connectivity index (χ4v) is 5.10. The highest BCUT2D eigenvalue weighted by atomic mass is 16.5. The second kappa shape index (κ2) is 10.9. The van der Waals surface area contributed by atoms with Crippen molar-refractivity contribution in [1.82, 2.24) is 9.88 Å². The Balaban J connectivity index is 1.60. The number of nitrogens with one attached hydrogen (secondary N) is 1. The first kappa shape index (κ1) is 25.9. The number of H-pyrrole nitrogens is 1. The number of hydrogen-bond acceptors (Lipinski definition) is 6. The van der Waals surface area contributed by atoms with Gasteiger partial charge in [0.25, 0.3) is 11.7 Å². The van der Waals surface area contributed by atoms with Gasteiger partial charge in [0.1, 0.15) is 23.0 Å². The van der Waals surface area contributed by atoms with Gasteiger partial charge in [-0.05, 0) is 67.4 Å². The van der Waals surface area contributed by atoms with Crippen LogP contribution in [0.1, 0.15) is 29.7 Å². The SMILES string of the molecule is CCOc1ccc(C(O)=C2C(=O)C(=O)N(CCc3c[nH]c4ccccc34)C2c2cc(OC)ccc2OC)cc1. The molecule has 1 aromatic heterocycles. The zero-order valence-electron chi connectivity index (χ0n) is 22.1. The molecular weight excluding hydrogens is 496 g/mol. The number of hydrogen-bond donors (Lipinski definition) is 2. The molecule has 1 aliphatic heterocycles. The van der Waals surface area contributed by atoms with Gasteiger partial charge >= 0.3 is 0 Å². The number of Topliss-reactive ketones (excluding diaryl/α,β-unsaturated/α-hetero) is 1. The summed E-state index contributed by atoms with van der Waals surface area (Å²) in [5, 5.41) is 12.5. The Bertz CT molecular complexity index is 1550. The van der Waals surface area contributed by atoms with Crippen LogP contribution in [0.4, 0.5) is 0 Å². The molecule has 8 heteroatoms. The molecule has 0 saturated carbocycles. The molecule has 0 bridgehead atoms. The molecule has 200 valence electrons. The van der Waals surface area contributed by atoms with E-state index in [1.165, 1.54) is 12.0 Å². The predicted molar refractivity (Wildman–Crippen MR) is 148 cm³/mol. The summed E-state index contributed by atoms with van der Waals surface area (Å²) in [5.74, 6) is -0.0565. The van der Waals surface area contributed by atoms with Crippen molar-refractivity contribution < 1.29 is 28.9 Å². The molecule has 0 spiro atoms. The Kier molecular flexibility index (Phi) is 7.27. The number of aromatic nitrogens is 1. The molecule has 1 fully saturated rings. The maximum atomic E-state index is 13.5. The third-order valence-electron chi connectivity index (χ3n) is 7.01. The van der Waals surface area contributed by atoms with Crippen LogP contribution in [0, 0.1) is 0 Å². The van der Waals surface area contributed by atoms with Crippen molar-refractivity contribution in [2.24, 2.45) is 0 Å². The van der Waals surface area contributed by atoms with Gasteiger partial charge < -0.3 is 29.2 Å². The molecule has 8 nitrogen and oxygen atoms in total. The smallest absolute Gasteiger partial charge is 0.295 e. The summed E-state index contributed by atoms with van der Waals surface area (Å²) in [6, 6.07) is 19.0. The Morgan fingerprint density at radius 2 is 1.72 bits per heavy atom. The van der Waals surface area contributed by atoms with E-state index in [9.17, 15) is 14.7 Å². The second-order valence-corrected chi connectivity index (χ2v) is 9.17. The van der Waals surface area contributed by atoms with Crippen molar-refractivity contribution in [2.45, 2.75) is 19.4 Å². The number of amides is 1. The number of rotatable bonds is 9. The van der Waals surface area contributed by atoms with E-state index in [0.717, 1.165) is 16.5 Å². The number of nitrogens with zero attached hydrogens (tertiary/aromatic N) is 1. The predicted octanol–water partition coefficient (Wildman–Crippen LogP) is 5.25. The third-order valence-corrected chi connectivity index (χ3v) is 7.01. The Labute approximate surface area is 226 Å². The largest absolute Gasteiger partial charge is 0.507 e. The average molecular weight is 527 g/mol. The Morgan fingerprint density at radius 1 is 0.974 bits per heavy atom. The van der Waals surface area contributed by atoms with Crippen LogP contribution < -0.4 is 14.2 Å². The number of likely N-dealkylation sites (tertiary alicyclic amines) is 1. The fourth-order valence-electron chi connectivity index (χ4n) is 5.10. The van der Waals surface area contributed by atoms with Crippen molar-refractivity contribution in [1.29, 1.82) is 0 Å². The Hall–Kier alpha value is -4.72. The summed E-state index contributed by atoms with van der Waals surface area (Å²) >= 11 is 0. The minimum Gasteiger partial charge on any atom is -0.507 e. The van der Waals surface area contributed by atoms with Crippen molar-refractivity contribution in [3.05, 3.63) is 95.2 Å². The first-order valence-electron chi connectivity index (χ1n) is 12.7. The highest BCUT2D eigenvalue weighted by molar-refractivity contribution is 6.46. The van der Waals surface area contributed by atoms with E-state index in [2.05, 4.69) is 4.98 Å². The van der Waals surface area contributed by atoms with Crippen LogP contribution in [0.2, 0.25) is 0 Å². The van der Waals surface area contributed by atoms with E-state index in [-0.39, 0.29) is 17.9 Å². The lowest BCUT2D eigenvalue weighted by atomic mass is 9.94. The minimum atomic E-state index is -0.883. The number of aromatic amines is 1. The van der Waals surface area contributed by atoms with E-state index in [4.69, 9.17) is 14.2 Å². The zero-order chi connectivity index (χ0) is 27.5. The topological polar surface area (TPSA) is 101 Å². The van der Waals surface area contributed by atoms with Gasteiger partial charge in [-0.2, -0.15) is 0 Å². The lowest BCUT2D eigenvalue weighted by Crippen LogP contribution is -2.31. The molecule has 0 radical (unpaired) electrons. The average Bonchev–Trinajstić information content (AvgIpc) is 3.49. The number of ketones is 1. The summed E-state index contributed by atoms with van der Waals surface area (Å²) in [6.07, 6.45) is 2.42. The number of carbonyl (C=O) groups is 2. The van der Waals surface area contributed by atoms with Crippen molar-refractivity contribution in [2.75, 3.05) is 27.4 Å². The highest BCUT2D eigenvalue weighted by Crippen LogP contribution is 2.44. The lowest BCUT2D eigenvalue weighted by Gasteiger charge is -2.27. The van der Waals surface area contributed by atoms with Gasteiger partial charge in [-0.3, -0.25) is 9.59 Å². The maximum Gasteiger partial charge on any atom is 0.295 e. The molecular formula is C31H30N2O6. The zero-order valence-corrected chi connectivity index (χ0v) is 22.1. The van der Waals surface area contributed by atoms with Gasteiger partial charge in [0, 0.05) is 34.8 Å². The number of ether oxygens (including phenoxy) is 3. The van der Waals surface area contributed by atoms with Gasteiger partial charge in [0.15, 0.2) is 0 Å². The van der Waals surface area contributed by atoms with E-state index >= 15 is 0 Å². The van der Waals surface area contributed by atoms with Crippen LogP contribution in [0.15, 0.2) is 78.5 Å². The van der Waals surface area contributed by atoms with Gasteiger partial charge in [-0.25, -0.2) is 0 Å². The molecule has 1 aliphatic rings. The first-order valence-corrected chi connectivity index (χ1v) is 12.7. The molecule has 1 unspecified atom stereocenters. The van der Waals surface area contributed by atoms with Gasteiger partial charge in [-0.1, -0.05) is 18.2 Å². The molecule has 39 heavy (non-hydrogen) atoms. The molecule has 2 heterocycles. The van der Waals surface area contributed by atoms with Crippen LogP contribution in [0.3, 0.4) is 0 Å². The van der Waals surface area contributed by atoms with Crippen molar-refractivity contribution in [3.8, 4) is 17.2 Å². The summed E-state index contributed by atoms with van der Waals surface area (Å²) in [7, 11) is 3.06. The first-order chi connectivity index (χ1) is 19.0. The summed E-state index contributed by atoms with van der Waals surface area (Å²) < 4.78 is 16.6. The molecule has 2 N–H and O–H groups in total. The summed E-state index contributed by atoms with van der Waals surface area (Å²) in [6.45, 7) is 2.63. The summed E-state index contributed by atoms with van der Waals surface area (Å²) in [5.41, 5.74) is 2.96. The summed E-state index contributed by atoms with van der Waals surface area (Å²) in [4.78, 5) is 31.7. The van der Waals surface area contributed by atoms with Gasteiger partial charge in [0.05, 0.1) is 32.4 Å². The fraction of sp³-hybridized carbons (Fsp3) is 0.226. The second-order valence-electron chi connectivity index (χ2n) is 9.17. The van der Waals surface area contributed by atoms with Gasteiger partial charge in [0.2, 0.25) is 0 Å². The number of methoxy groups -OCH3 is 2. The van der Waals surface area contributed by atoms with Crippen LogP contribution in [0.25, 0.3) is 16.7 Å². The molecule has 1 saturated heterocycles. The van der Waals surface area contributed by atoms with Crippen molar-refractivity contribution >= 4 is 28.4 Å². The highest BCUT2D eigenvalue weighted by Gasteiger charge is 2.47. The van der Waals surface area contributed by atoms with Crippen LogP contribution >= 0.6 is 0 Å². The molecule has 1 amide bonds. The third kappa shape index (κ3) is 4.81. The molecule has 4 aromatic rings. The van der Waals surface area contributed by atoms with E-state index in [0.29, 0.717) is 41.4 Å². The quantitative estimate of drug-likeness (QED) is 0.176. The molecule has 1 atom stereocenters. The molecule has 3 aromatic carbocycles.